The number of aromatic nitrogens is 1. The van der Waals surface area contributed by atoms with Gasteiger partial charge in [-0.2, -0.15) is 5.10 Å². The maximum atomic E-state index is 11.6. The molecule has 5 nitrogen and oxygen atoms in total. The topological polar surface area (TPSA) is 83.3 Å². The van der Waals surface area contributed by atoms with Crippen molar-refractivity contribution in [3.63, 3.8) is 0 Å². The summed E-state index contributed by atoms with van der Waals surface area (Å²) in [6.45, 7) is 0. The van der Waals surface area contributed by atoms with Gasteiger partial charge in [0.25, 0.3) is 5.91 Å². The normalized spacial score (nSPS) is 10.6. The third-order valence-electron chi connectivity index (χ3n) is 2.16. The first-order chi connectivity index (χ1) is 8.25. The fourth-order valence-corrected chi connectivity index (χ4v) is 1.28. The van der Waals surface area contributed by atoms with E-state index in [-0.39, 0.29) is 5.91 Å². The Balaban J connectivity index is 1.96. The molecule has 17 heavy (non-hydrogen) atoms. The van der Waals surface area contributed by atoms with E-state index >= 15 is 0 Å². The van der Waals surface area contributed by atoms with Crippen molar-refractivity contribution in [2.24, 2.45) is 5.10 Å². The molecule has 0 atom stereocenters. The number of nitrogens with one attached hydrogen (secondary N) is 2. The minimum Gasteiger partial charge on any atom is -0.399 e. The zero-order chi connectivity index (χ0) is 12.1. The fourth-order valence-electron chi connectivity index (χ4n) is 1.28. The van der Waals surface area contributed by atoms with Crippen LogP contribution in [0.2, 0.25) is 0 Å². The van der Waals surface area contributed by atoms with Crippen LogP contribution in [0.15, 0.2) is 47.7 Å². The van der Waals surface area contributed by atoms with E-state index in [0.29, 0.717) is 11.3 Å². The van der Waals surface area contributed by atoms with Crippen LogP contribution in [0, 0.1) is 0 Å². The van der Waals surface area contributed by atoms with Crippen LogP contribution >= 0.6 is 0 Å². The van der Waals surface area contributed by atoms with E-state index < -0.39 is 0 Å². The molecule has 1 aromatic carbocycles. The minimum absolute atomic E-state index is 0.271. The van der Waals surface area contributed by atoms with Gasteiger partial charge < -0.3 is 10.7 Å². The lowest BCUT2D eigenvalue weighted by Crippen LogP contribution is -2.17. The zero-order valence-corrected chi connectivity index (χ0v) is 9.05. The number of rotatable bonds is 3. The van der Waals surface area contributed by atoms with Crippen molar-refractivity contribution in [3.8, 4) is 0 Å². The van der Waals surface area contributed by atoms with Gasteiger partial charge in [0.05, 0.1) is 11.9 Å². The summed E-state index contributed by atoms with van der Waals surface area (Å²) < 4.78 is 0. The standard InChI is InChI=1S/C12H12N4O/c13-10-5-3-9(4-6-10)12(17)16-15-8-11-2-1-7-14-11/h1-8,14H,13H2,(H,16,17)/b15-8+. The molecular formula is C12H12N4O. The molecule has 0 aliphatic carbocycles. The second-order valence-electron chi connectivity index (χ2n) is 3.45. The summed E-state index contributed by atoms with van der Waals surface area (Å²) in [6, 6.07) is 10.3. The molecule has 86 valence electrons. The Bertz CT molecular complexity index is 514. The number of amides is 1. The van der Waals surface area contributed by atoms with E-state index in [1.165, 1.54) is 6.21 Å². The maximum Gasteiger partial charge on any atom is 0.271 e. The molecule has 1 heterocycles. The van der Waals surface area contributed by atoms with Crippen LogP contribution < -0.4 is 11.2 Å². The number of nitrogens with zero attached hydrogens (tertiary/aromatic N) is 1. The summed E-state index contributed by atoms with van der Waals surface area (Å²) in [5.74, 6) is -0.271. The molecule has 0 fully saturated rings. The Hall–Kier alpha value is -2.56. The largest absolute Gasteiger partial charge is 0.399 e. The third-order valence-corrected chi connectivity index (χ3v) is 2.16. The van der Waals surface area contributed by atoms with E-state index in [2.05, 4.69) is 15.5 Å². The van der Waals surface area contributed by atoms with Crippen LogP contribution in [-0.4, -0.2) is 17.1 Å². The molecule has 2 aromatic rings. The molecule has 2 rings (SSSR count). The number of hydrazone groups is 1. The molecule has 5 heteroatoms. The van der Waals surface area contributed by atoms with Gasteiger partial charge in [0.2, 0.25) is 0 Å². The number of benzene rings is 1. The highest BCUT2D eigenvalue weighted by Crippen LogP contribution is 2.04. The van der Waals surface area contributed by atoms with Gasteiger partial charge in [0.1, 0.15) is 0 Å². The highest BCUT2D eigenvalue weighted by molar-refractivity contribution is 5.95. The van der Waals surface area contributed by atoms with Gasteiger partial charge in [0, 0.05) is 17.4 Å². The van der Waals surface area contributed by atoms with Crippen molar-refractivity contribution in [3.05, 3.63) is 53.9 Å². The highest BCUT2D eigenvalue weighted by atomic mass is 16.2. The lowest BCUT2D eigenvalue weighted by atomic mass is 10.2. The monoisotopic (exact) mass is 228 g/mol. The lowest BCUT2D eigenvalue weighted by Gasteiger charge is -1.99. The molecule has 0 aliphatic heterocycles. The number of hydrogen-bond acceptors (Lipinski definition) is 3. The first-order valence-electron chi connectivity index (χ1n) is 5.08. The molecule has 0 unspecified atom stereocenters. The summed E-state index contributed by atoms with van der Waals surface area (Å²) in [5, 5.41) is 3.83. The van der Waals surface area contributed by atoms with Crippen molar-refractivity contribution >= 4 is 17.8 Å². The van der Waals surface area contributed by atoms with Crippen LogP contribution in [-0.2, 0) is 0 Å². The number of nitrogens with two attached hydrogens (primary N) is 1. The Kier molecular flexibility index (Phi) is 3.20. The van der Waals surface area contributed by atoms with Gasteiger partial charge in [-0.3, -0.25) is 4.79 Å². The van der Waals surface area contributed by atoms with Gasteiger partial charge >= 0.3 is 0 Å². The molecule has 0 saturated heterocycles. The van der Waals surface area contributed by atoms with Crippen molar-refractivity contribution in [1.29, 1.82) is 0 Å². The summed E-state index contributed by atoms with van der Waals surface area (Å²) in [5.41, 5.74) is 9.91. The Morgan fingerprint density at radius 2 is 2.06 bits per heavy atom. The van der Waals surface area contributed by atoms with E-state index in [0.717, 1.165) is 5.69 Å². The molecule has 0 radical (unpaired) electrons. The van der Waals surface area contributed by atoms with Crippen molar-refractivity contribution in [2.45, 2.75) is 0 Å². The van der Waals surface area contributed by atoms with Crippen LogP contribution in [0.1, 0.15) is 16.1 Å². The second kappa shape index (κ2) is 4.98. The smallest absolute Gasteiger partial charge is 0.271 e. The molecule has 4 N–H and O–H groups in total. The highest BCUT2D eigenvalue weighted by Gasteiger charge is 2.02. The van der Waals surface area contributed by atoms with E-state index in [1.807, 2.05) is 12.1 Å². The molecular weight excluding hydrogens is 216 g/mol. The first kappa shape index (κ1) is 10.9. The predicted octanol–water partition coefficient (Wildman–Crippen LogP) is 1.36. The zero-order valence-electron chi connectivity index (χ0n) is 9.05. The Morgan fingerprint density at radius 3 is 2.71 bits per heavy atom. The number of nitrogen functional groups attached to an aromatic ring is 1. The molecule has 1 aromatic heterocycles. The number of anilines is 1. The minimum atomic E-state index is -0.271. The van der Waals surface area contributed by atoms with E-state index in [1.54, 1.807) is 30.5 Å². The summed E-state index contributed by atoms with van der Waals surface area (Å²) in [7, 11) is 0. The van der Waals surface area contributed by atoms with E-state index in [4.69, 9.17) is 5.73 Å². The Labute approximate surface area is 98.3 Å². The van der Waals surface area contributed by atoms with Gasteiger partial charge in [-0.25, -0.2) is 5.43 Å². The van der Waals surface area contributed by atoms with Crippen molar-refractivity contribution in [1.82, 2.24) is 10.4 Å². The van der Waals surface area contributed by atoms with Crippen LogP contribution in [0.25, 0.3) is 0 Å². The molecule has 0 saturated carbocycles. The SMILES string of the molecule is Nc1ccc(C(=O)N/N=C/c2ccc[nH]2)cc1. The maximum absolute atomic E-state index is 11.6. The summed E-state index contributed by atoms with van der Waals surface area (Å²) >= 11 is 0. The number of carbonyl (C=O) groups is 1. The quantitative estimate of drug-likeness (QED) is 0.421. The molecule has 0 bridgehead atoms. The first-order valence-corrected chi connectivity index (χ1v) is 5.08. The third kappa shape index (κ3) is 2.94. The number of H-pyrrole nitrogens is 1. The summed E-state index contributed by atoms with van der Waals surface area (Å²) in [6.07, 6.45) is 3.32. The number of aromatic amines is 1. The van der Waals surface area contributed by atoms with Gasteiger partial charge in [0.15, 0.2) is 0 Å². The van der Waals surface area contributed by atoms with Crippen LogP contribution in [0.5, 0.6) is 0 Å². The average Bonchev–Trinajstić information content (AvgIpc) is 2.83. The average molecular weight is 228 g/mol. The number of hydrogen-bond donors (Lipinski definition) is 3. The number of carbonyl (C=O) groups excluding carboxylic acids is 1. The molecule has 0 aliphatic rings. The van der Waals surface area contributed by atoms with Gasteiger partial charge in [-0.15, -0.1) is 0 Å². The van der Waals surface area contributed by atoms with Crippen LogP contribution in [0.3, 0.4) is 0 Å². The summed E-state index contributed by atoms with van der Waals surface area (Å²) in [4.78, 5) is 14.5. The van der Waals surface area contributed by atoms with E-state index in [9.17, 15) is 4.79 Å². The van der Waals surface area contributed by atoms with Gasteiger partial charge in [-0.1, -0.05) is 0 Å². The fraction of sp³-hybridized carbons (Fsp3) is 0. The predicted molar refractivity (Wildman–Crippen MR) is 66.7 cm³/mol. The Morgan fingerprint density at radius 1 is 1.29 bits per heavy atom. The van der Waals surface area contributed by atoms with Crippen LogP contribution in [0.4, 0.5) is 5.69 Å². The van der Waals surface area contributed by atoms with Gasteiger partial charge in [-0.05, 0) is 36.4 Å². The molecule has 0 spiro atoms. The lowest BCUT2D eigenvalue weighted by molar-refractivity contribution is 0.0955. The van der Waals surface area contributed by atoms with Crippen molar-refractivity contribution < 1.29 is 4.79 Å². The second-order valence-corrected chi connectivity index (χ2v) is 3.45. The molecule has 1 amide bonds. The van der Waals surface area contributed by atoms with Crippen molar-refractivity contribution in [2.75, 3.05) is 5.73 Å².